The van der Waals surface area contributed by atoms with E-state index < -0.39 is 0 Å². The molecular formula is C15H25N. The number of aliphatic imine (C=N–C) groups is 1. The Bertz CT molecular complexity index is 273. The van der Waals surface area contributed by atoms with Gasteiger partial charge < -0.3 is 0 Å². The summed E-state index contributed by atoms with van der Waals surface area (Å²) in [5.74, 6) is 1.61. The number of rotatable bonds is 0. The lowest BCUT2D eigenvalue weighted by atomic mass is 10.0. The number of allylic oxidation sites excluding steroid dienone is 3. The van der Waals surface area contributed by atoms with Crippen molar-refractivity contribution >= 4 is 6.21 Å². The molecule has 1 aliphatic heterocycles. The molecule has 0 radical (unpaired) electrons. The molecule has 0 saturated carbocycles. The molecule has 90 valence electrons. The minimum Gasteiger partial charge on any atom is -0.269 e. The molecule has 0 N–H and O–H groups in total. The topological polar surface area (TPSA) is 12.4 Å². The summed E-state index contributed by atoms with van der Waals surface area (Å²) in [7, 11) is 0. The van der Waals surface area contributed by atoms with Crippen LogP contribution in [0.1, 0.15) is 52.9 Å². The van der Waals surface area contributed by atoms with Crippen molar-refractivity contribution in [3.05, 3.63) is 23.9 Å². The molecule has 2 unspecified atom stereocenters. The van der Waals surface area contributed by atoms with Gasteiger partial charge in [-0.3, -0.25) is 4.99 Å². The van der Waals surface area contributed by atoms with Crippen molar-refractivity contribution in [1.82, 2.24) is 0 Å². The first-order valence-corrected chi connectivity index (χ1v) is 6.52. The molecular weight excluding hydrogens is 194 g/mol. The second kappa shape index (κ2) is 7.43. The molecule has 2 atom stereocenters. The monoisotopic (exact) mass is 219 g/mol. The third kappa shape index (κ3) is 5.89. The molecule has 0 amide bonds. The van der Waals surface area contributed by atoms with Gasteiger partial charge >= 0.3 is 0 Å². The Balaban J connectivity index is 0.000000165. The first-order valence-electron chi connectivity index (χ1n) is 6.52. The summed E-state index contributed by atoms with van der Waals surface area (Å²) >= 11 is 0. The van der Waals surface area contributed by atoms with Crippen molar-refractivity contribution in [3.63, 3.8) is 0 Å². The van der Waals surface area contributed by atoms with E-state index in [-0.39, 0.29) is 0 Å². The van der Waals surface area contributed by atoms with Crippen molar-refractivity contribution in [3.8, 4) is 0 Å². The Hall–Kier alpha value is -0.850. The second-order valence-electron chi connectivity index (χ2n) is 5.17. The van der Waals surface area contributed by atoms with Crippen LogP contribution in [0.4, 0.5) is 0 Å². The minimum absolute atomic E-state index is 0.657. The number of hydrogen-bond acceptors (Lipinski definition) is 1. The lowest BCUT2D eigenvalue weighted by Gasteiger charge is -2.04. The van der Waals surface area contributed by atoms with Gasteiger partial charge in [0.1, 0.15) is 0 Å². The summed E-state index contributed by atoms with van der Waals surface area (Å²) in [5, 5.41) is 0. The Morgan fingerprint density at radius 2 is 2.06 bits per heavy atom. The summed E-state index contributed by atoms with van der Waals surface area (Å²) in [6.07, 6.45) is 14.9. The van der Waals surface area contributed by atoms with Gasteiger partial charge in [0.2, 0.25) is 0 Å². The molecule has 1 nitrogen and oxygen atoms in total. The SMILES string of the molecule is CC1=CCCC(C)CC1.CC1C=NC=CC1. The highest BCUT2D eigenvalue weighted by atomic mass is 14.7. The van der Waals surface area contributed by atoms with Crippen LogP contribution < -0.4 is 0 Å². The fourth-order valence-corrected chi connectivity index (χ4v) is 1.93. The van der Waals surface area contributed by atoms with Crippen LogP contribution in [0.15, 0.2) is 28.9 Å². The van der Waals surface area contributed by atoms with Crippen molar-refractivity contribution < 1.29 is 0 Å². The minimum atomic E-state index is 0.657. The zero-order chi connectivity index (χ0) is 11.8. The average molecular weight is 219 g/mol. The molecule has 1 aliphatic carbocycles. The number of nitrogens with zero attached hydrogens (tertiary/aromatic N) is 1. The van der Waals surface area contributed by atoms with Gasteiger partial charge in [0.05, 0.1) is 0 Å². The van der Waals surface area contributed by atoms with E-state index in [2.05, 4.69) is 37.9 Å². The van der Waals surface area contributed by atoms with E-state index in [1.807, 2.05) is 12.4 Å². The maximum atomic E-state index is 3.95. The van der Waals surface area contributed by atoms with Crippen molar-refractivity contribution in [1.29, 1.82) is 0 Å². The van der Waals surface area contributed by atoms with Gasteiger partial charge in [-0.15, -0.1) is 0 Å². The van der Waals surface area contributed by atoms with Crippen LogP contribution in [-0.2, 0) is 0 Å². The van der Waals surface area contributed by atoms with Gasteiger partial charge in [-0.05, 0) is 50.9 Å². The molecule has 0 fully saturated rings. The molecule has 16 heavy (non-hydrogen) atoms. The Morgan fingerprint density at radius 1 is 1.25 bits per heavy atom. The molecule has 1 heteroatoms. The zero-order valence-electron chi connectivity index (χ0n) is 10.9. The highest BCUT2D eigenvalue weighted by Gasteiger charge is 2.04. The molecule has 0 spiro atoms. The van der Waals surface area contributed by atoms with E-state index in [0.29, 0.717) is 5.92 Å². The van der Waals surface area contributed by atoms with E-state index in [1.54, 1.807) is 5.57 Å². The third-order valence-corrected chi connectivity index (χ3v) is 3.22. The molecule has 1 heterocycles. The highest BCUT2D eigenvalue weighted by Crippen LogP contribution is 2.21. The molecule has 0 aromatic rings. The van der Waals surface area contributed by atoms with Gasteiger partial charge in [-0.25, -0.2) is 0 Å². The van der Waals surface area contributed by atoms with Crippen LogP contribution in [0.25, 0.3) is 0 Å². The third-order valence-electron chi connectivity index (χ3n) is 3.22. The molecule has 0 saturated heterocycles. The Kier molecular flexibility index (Phi) is 6.14. The van der Waals surface area contributed by atoms with Crippen molar-refractivity contribution in [2.24, 2.45) is 16.8 Å². The zero-order valence-corrected chi connectivity index (χ0v) is 10.9. The van der Waals surface area contributed by atoms with Gasteiger partial charge in [0.15, 0.2) is 0 Å². The van der Waals surface area contributed by atoms with Crippen LogP contribution in [0.2, 0.25) is 0 Å². The summed E-state index contributed by atoms with van der Waals surface area (Å²) in [5.41, 5.74) is 1.60. The molecule has 2 rings (SSSR count). The van der Waals surface area contributed by atoms with Crippen molar-refractivity contribution in [2.75, 3.05) is 0 Å². The van der Waals surface area contributed by atoms with Gasteiger partial charge in [-0.2, -0.15) is 0 Å². The molecule has 0 bridgehead atoms. The Labute approximate surface area is 100 Å². The predicted octanol–water partition coefficient (Wildman–Crippen LogP) is 4.75. The largest absolute Gasteiger partial charge is 0.269 e. The second-order valence-corrected chi connectivity index (χ2v) is 5.17. The average Bonchev–Trinajstić information content (AvgIpc) is 2.46. The van der Waals surface area contributed by atoms with E-state index in [4.69, 9.17) is 0 Å². The normalized spacial score (nSPS) is 28.8. The van der Waals surface area contributed by atoms with E-state index in [9.17, 15) is 0 Å². The predicted molar refractivity (Wildman–Crippen MR) is 72.8 cm³/mol. The summed E-state index contributed by atoms with van der Waals surface area (Å²) < 4.78 is 0. The smallest absolute Gasteiger partial charge is 0.0224 e. The van der Waals surface area contributed by atoms with Crippen LogP contribution >= 0.6 is 0 Å². The summed E-state index contributed by atoms with van der Waals surface area (Å²) in [4.78, 5) is 3.95. The first-order chi connectivity index (χ1) is 7.68. The van der Waals surface area contributed by atoms with Crippen LogP contribution in [0.3, 0.4) is 0 Å². The van der Waals surface area contributed by atoms with E-state index >= 15 is 0 Å². The maximum Gasteiger partial charge on any atom is 0.0224 e. The van der Waals surface area contributed by atoms with Crippen LogP contribution in [0, 0.1) is 11.8 Å². The van der Waals surface area contributed by atoms with Crippen molar-refractivity contribution in [2.45, 2.75) is 52.9 Å². The molecule has 0 aromatic heterocycles. The highest BCUT2D eigenvalue weighted by molar-refractivity contribution is 5.62. The van der Waals surface area contributed by atoms with Gasteiger partial charge in [0.25, 0.3) is 0 Å². The van der Waals surface area contributed by atoms with Crippen LogP contribution in [-0.4, -0.2) is 6.21 Å². The van der Waals surface area contributed by atoms with E-state index in [1.165, 1.54) is 25.7 Å². The van der Waals surface area contributed by atoms with Gasteiger partial charge in [0, 0.05) is 12.4 Å². The quantitative estimate of drug-likeness (QED) is 0.521. The van der Waals surface area contributed by atoms with Crippen LogP contribution in [0.5, 0.6) is 0 Å². The standard InChI is InChI=1S/C9H16.C6H9N/c1-8-4-3-5-9(2)7-6-8;1-6-3-2-4-7-5-6/h4,9H,3,5-7H2,1-2H3;2,4-6H,3H2,1H3. The molecule has 0 aromatic carbocycles. The van der Waals surface area contributed by atoms with Gasteiger partial charge in [-0.1, -0.05) is 31.6 Å². The summed E-state index contributed by atoms with van der Waals surface area (Å²) in [6.45, 7) is 6.76. The maximum absolute atomic E-state index is 3.95. The molecule has 2 aliphatic rings. The van der Waals surface area contributed by atoms with E-state index in [0.717, 1.165) is 12.3 Å². The number of hydrogen-bond donors (Lipinski definition) is 0. The first kappa shape index (κ1) is 13.2. The fraction of sp³-hybridized carbons (Fsp3) is 0.667. The Morgan fingerprint density at radius 3 is 2.62 bits per heavy atom. The summed E-state index contributed by atoms with van der Waals surface area (Å²) in [6, 6.07) is 0. The lowest BCUT2D eigenvalue weighted by molar-refractivity contribution is 0.510. The fourth-order valence-electron chi connectivity index (χ4n) is 1.93. The lowest BCUT2D eigenvalue weighted by Crippen LogP contribution is -1.95.